The van der Waals surface area contributed by atoms with Crippen molar-refractivity contribution < 1.29 is 9.59 Å². The molecular formula is C15H21N5O2. The monoisotopic (exact) mass is 303 g/mol. The lowest BCUT2D eigenvalue weighted by Gasteiger charge is -2.06. The van der Waals surface area contributed by atoms with Gasteiger partial charge in [0.2, 0.25) is 5.91 Å². The molecule has 0 radical (unpaired) electrons. The minimum atomic E-state index is -0.277. The molecule has 1 heterocycles. The van der Waals surface area contributed by atoms with E-state index in [-0.39, 0.29) is 24.8 Å². The highest BCUT2D eigenvalue weighted by Gasteiger charge is 2.13. The first-order chi connectivity index (χ1) is 10.7. The van der Waals surface area contributed by atoms with Crippen LogP contribution in [0.4, 0.5) is 0 Å². The molecule has 0 spiro atoms. The highest BCUT2D eigenvalue weighted by molar-refractivity contribution is 6.04. The van der Waals surface area contributed by atoms with Crippen molar-refractivity contribution >= 4 is 22.7 Å². The molecule has 0 unspecified atom stereocenters. The number of carbonyl (C=O) groups excluding carboxylic acids is 2. The number of hydrogen-bond donors (Lipinski definition) is 4. The van der Waals surface area contributed by atoms with E-state index >= 15 is 0 Å². The molecule has 118 valence electrons. The molecule has 0 atom stereocenters. The number of nitrogens with one attached hydrogen (secondary N) is 4. The van der Waals surface area contributed by atoms with Gasteiger partial charge in [-0.15, -0.1) is 0 Å². The molecule has 0 fully saturated rings. The summed E-state index contributed by atoms with van der Waals surface area (Å²) in [7, 11) is 1.87. The van der Waals surface area contributed by atoms with Crippen molar-refractivity contribution in [1.82, 2.24) is 26.1 Å². The summed E-state index contributed by atoms with van der Waals surface area (Å²) >= 11 is 0. The standard InChI is InChI=1S/C15H21N5O2/c1-16-8-4-9-17-13(21)7-10-18-15(22)14-11-5-2-3-6-12(11)19-20-14/h2-3,5-6,16H,4,7-10H2,1H3,(H,17,21)(H,18,22)(H,19,20). The Hall–Kier alpha value is -2.41. The van der Waals surface area contributed by atoms with Crippen molar-refractivity contribution in [3.8, 4) is 0 Å². The zero-order valence-corrected chi connectivity index (χ0v) is 12.6. The number of nitrogens with zero attached hydrogens (tertiary/aromatic N) is 1. The Morgan fingerprint density at radius 2 is 1.95 bits per heavy atom. The van der Waals surface area contributed by atoms with Crippen LogP contribution in [-0.4, -0.2) is 48.7 Å². The molecule has 2 amide bonds. The van der Waals surface area contributed by atoms with E-state index in [1.54, 1.807) is 0 Å². The second kappa shape index (κ2) is 8.14. The van der Waals surface area contributed by atoms with Gasteiger partial charge in [-0.05, 0) is 26.1 Å². The molecule has 0 aliphatic carbocycles. The molecule has 0 saturated carbocycles. The molecule has 0 bridgehead atoms. The number of hydrogen-bond acceptors (Lipinski definition) is 4. The van der Waals surface area contributed by atoms with Crippen molar-refractivity contribution in [1.29, 1.82) is 0 Å². The zero-order valence-electron chi connectivity index (χ0n) is 12.6. The third-order valence-electron chi connectivity index (χ3n) is 3.25. The van der Waals surface area contributed by atoms with Crippen LogP contribution >= 0.6 is 0 Å². The Balaban J connectivity index is 1.75. The average molecular weight is 303 g/mol. The minimum Gasteiger partial charge on any atom is -0.356 e. The van der Waals surface area contributed by atoms with Crippen molar-refractivity contribution in [2.24, 2.45) is 0 Å². The summed E-state index contributed by atoms with van der Waals surface area (Å²) in [5.41, 5.74) is 1.17. The Bertz CT molecular complexity index is 638. The maximum absolute atomic E-state index is 12.1. The quantitative estimate of drug-likeness (QED) is 0.531. The number of fused-ring (bicyclic) bond motifs is 1. The van der Waals surface area contributed by atoms with Gasteiger partial charge in [0.15, 0.2) is 5.69 Å². The number of H-pyrrole nitrogens is 1. The number of carbonyl (C=O) groups is 2. The zero-order chi connectivity index (χ0) is 15.8. The highest BCUT2D eigenvalue weighted by Crippen LogP contribution is 2.14. The SMILES string of the molecule is CNCCCNC(=O)CCNC(=O)c1n[nH]c2ccccc12. The van der Waals surface area contributed by atoms with Crippen LogP contribution in [0.3, 0.4) is 0 Å². The minimum absolute atomic E-state index is 0.0664. The molecule has 7 nitrogen and oxygen atoms in total. The first-order valence-corrected chi connectivity index (χ1v) is 7.35. The van der Waals surface area contributed by atoms with Crippen molar-refractivity contribution in [2.75, 3.05) is 26.7 Å². The molecule has 0 saturated heterocycles. The van der Waals surface area contributed by atoms with Gasteiger partial charge in [-0.3, -0.25) is 14.7 Å². The molecule has 4 N–H and O–H groups in total. The average Bonchev–Trinajstić information content (AvgIpc) is 2.95. The topological polar surface area (TPSA) is 98.9 Å². The Morgan fingerprint density at radius 1 is 1.14 bits per heavy atom. The molecular weight excluding hydrogens is 282 g/mol. The maximum atomic E-state index is 12.1. The Labute approximate surface area is 128 Å². The molecule has 2 rings (SSSR count). The van der Waals surface area contributed by atoms with Crippen LogP contribution < -0.4 is 16.0 Å². The largest absolute Gasteiger partial charge is 0.356 e. The van der Waals surface area contributed by atoms with Crippen LogP contribution in [0.25, 0.3) is 10.9 Å². The first-order valence-electron chi connectivity index (χ1n) is 7.35. The van der Waals surface area contributed by atoms with Gasteiger partial charge in [-0.1, -0.05) is 18.2 Å². The van der Waals surface area contributed by atoms with E-state index in [1.807, 2.05) is 31.3 Å². The third kappa shape index (κ3) is 4.29. The second-order valence-corrected chi connectivity index (χ2v) is 4.93. The van der Waals surface area contributed by atoms with Gasteiger partial charge in [0.1, 0.15) is 0 Å². The molecule has 0 aliphatic rings. The molecule has 22 heavy (non-hydrogen) atoms. The van der Waals surface area contributed by atoms with Gasteiger partial charge in [-0.2, -0.15) is 5.10 Å². The number of rotatable bonds is 8. The van der Waals surface area contributed by atoms with E-state index in [0.717, 1.165) is 23.9 Å². The lowest BCUT2D eigenvalue weighted by molar-refractivity contribution is -0.120. The van der Waals surface area contributed by atoms with E-state index in [0.29, 0.717) is 12.2 Å². The van der Waals surface area contributed by atoms with Gasteiger partial charge in [-0.25, -0.2) is 0 Å². The lowest BCUT2D eigenvalue weighted by Crippen LogP contribution is -2.32. The fourth-order valence-electron chi connectivity index (χ4n) is 2.09. The normalized spacial score (nSPS) is 10.6. The van der Waals surface area contributed by atoms with Crippen molar-refractivity contribution in [3.05, 3.63) is 30.0 Å². The molecule has 0 aliphatic heterocycles. The predicted molar refractivity (Wildman–Crippen MR) is 84.6 cm³/mol. The Morgan fingerprint density at radius 3 is 2.77 bits per heavy atom. The van der Waals surface area contributed by atoms with E-state index in [1.165, 1.54) is 0 Å². The summed E-state index contributed by atoms with van der Waals surface area (Å²) in [5.74, 6) is -0.344. The highest BCUT2D eigenvalue weighted by atomic mass is 16.2. The smallest absolute Gasteiger partial charge is 0.272 e. The van der Waals surface area contributed by atoms with E-state index < -0.39 is 0 Å². The first kappa shape index (κ1) is 16.0. The van der Waals surface area contributed by atoms with E-state index in [2.05, 4.69) is 26.1 Å². The predicted octanol–water partition coefficient (Wildman–Crippen LogP) is 0.409. The molecule has 2 aromatic rings. The van der Waals surface area contributed by atoms with Crippen LogP contribution in [0.5, 0.6) is 0 Å². The number of aromatic amines is 1. The van der Waals surface area contributed by atoms with Gasteiger partial charge < -0.3 is 16.0 Å². The van der Waals surface area contributed by atoms with E-state index in [9.17, 15) is 9.59 Å². The maximum Gasteiger partial charge on any atom is 0.272 e. The number of para-hydroxylation sites is 1. The van der Waals surface area contributed by atoms with Crippen LogP contribution in [0, 0.1) is 0 Å². The summed E-state index contributed by atoms with van der Waals surface area (Å²) in [5, 5.41) is 16.1. The van der Waals surface area contributed by atoms with Gasteiger partial charge in [0.25, 0.3) is 5.91 Å². The lowest BCUT2D eigenvalue weighted by atomic mass is 10.2. The van der Waals surface area contributed by atoms with E-state index in [4.69, 9.17) is 0 Å². The fourth-order valence-corrected chi connectivity index (χ4v) is 2.09. The molecule has 1 aromatic heterocycles. The number of benzene rings is 1. The van der Waals surface area contributed by atoms with Gasteiger partial charge >= 0.3 is 0 Å². The van der Waals surface area contributed by atoms with Gasteiger partial charge in [0.05, 0.1) is 5.52 Å². The van der Waals surface area contributed by atoms with Crippen LogP contribution in [0.15, 0.2) is 24.3 Å². The fraction of sp³-hybridized carbons (Fsp3) is 0.400. The third-order valence-corrected chi connectivity index (χ3v) is 3.25. The van der Waals surface area contributed by atoms with Crippen LogP contribution in [0.2, 0.25) is 0 Å². The van der Waals surface area contributed by atoms with Crippen molar-refractivity contribution in [2.45, 2.75) is 12.8 Å². The summed E-state index contributed by atoms with van der Waals surface area (Å²) in [6.45, 7) is 1.79. The molecule has 7 heteroatoms. The summed E-state index contributed by atoms with van der Waals surface area (Å²) in [4.78, 5) is 23.6. The Kier molecular flexibility index (Phi) is 5.91. The summed E-state index contributed by atoms with van der Waals surface area (Å²) < 4.78 is 0. The number of amides is 2. The number of aromatic nitrogens is 2. The van der Waals surface area contributed by atoms with Gasteiger partial charge in [0, 0.05) is 24.9 Å². The summed E-state index contributed by atoms with van der Waals surface area (Å²) in [6.07, 6.45) is 1.14. The van der Waals surface area contributed by atoms with Crippen LogP contribution in [0.1, 0.15) is 23.3 Å². The second-order valence-electron chi connectivity index (χ2n) is 4.93. The van der Waals surface area contributed by atoms with Crippen LogP contribution in [-0.2, 0) is 4.79 Å². The van der Waals surface area contributed by atoms with Crippen molar-refractivity contribution in [3.63, 3.8) is 0 Å². The molecule has 1 aromatic carbocycles. The summed E-state index contributed by atoms with van der Waals surface area (Å²) in [6, 6.07) is 7.42.